The third-order valence-electron chi connectivity index (χ3n) is 5.58. The topological polar surface area (TPSA) is 95.7 Å². The van der Waals surface area contributed by atoms with Crippen molar-refractivity contribution in [2.45, 2.75) is 45.3 Å². The summed E-state index contributed by atoms with van der Waals surface area (Å²) < 4.78 is 18.1. The number of benzene rings is 2. The molecular formula is C26H31N3O5S. The number of aryl methyl sites for hydroxylation is 1. The minimum atomic E-state index is -1.04. The molecule has 0 unspecified atom stereocenters. The molecule has 0 aliphatic rings. The van der Waals surface area contributed by atoms with Crippen LogP contribution in [0, 0.1) is 6.92 Å². The van der Waals surface area contributed by atoms with Gasteiger partial charge in [-0.3, -0.25) is 0 Å². The van der Waals surface area contributed by atoms with E-state index in [0.29, 0.717) is 29.0 Å². The molecule has 8 nitrogen and oxygen atoms in total. The molecule has 0 aliphatic carbocycles. The second kappa shape index (κ2) is 11.3. The van der Waals surface area contributed by atoms with Crippen molar-refractivity contribution in [3.05, 3.63) is 51.9 Å². The van der Waals surface area contributed by atoms with Gasteiger partial charge in [0.25, 0.3) is 0 Å². The van der Waals surface area contributed by atoms with Gasteiger partial charge >= 0.3 is 5.97 Å². The highest BCUT2D eigenvalue weighted by molar-refractivity contribution is 8.04. The SMILES string of the molecule is CCn1c(S/C(=C\c2cc(C(C)C)c(OC)cc2C)C(=O)O)nnc1-c1cc(OC)cc(OC)c1. The summed E-state index contributed by atoms with van der Waals surface area (Å²) in [5, 5.41) is 19.1. The van der Waals surface area contributed by atoms with Crippen molar-refractivity contribution in [2.75, 3.05) is 21.3 Å². The third kappa shape index (κ3) is 5.79. The maximum Gasteiger partial charge on any atom is 0.342 e. The molecule has 0 fully saturated rings. The van der Waals surface area contributed by atoms with Crippen LogP contribution >= 0.6 is 11.8 Å². The molecule has 0 amide bonds. The molecule has 0 spiro atoms. The lowest BCUT2D eigenvalue weighted by Gasteiger charge is -2.15. The van der Waals surface area contributed by atoms with Crippen LogP contribution in [0.25, 0.3) is 17.5 Å². The monoisotopic (exact) mass is 497 g/mol. The largest absolute Gasteiger partial charge is 0.497 e. The number of hydrogen-bond acceptors (Lipinski definition) is 7. The van der Waals surface area contributed by atoms with Crippen LogP contribution in [0.3, 0.4) is 0 Å². The van der Waals surface area contributed by atoms with E-state index in [1.54, 1.807) is 33.5 Å². The number of rotatable bonds is 10. The molecule has 1 heterocycles. The average molecular weight is 498 g/mol. The summed E-state index contributed by atoms with van der Waals surface area (Å²) in [5.41, 5.74) is 3.52. The van der Waals surface area contributed by atoms with E-state index in [0.717, 1.165) is 39.8 Å². The number of ether oxygens (including phenoxy) is 3. The summed E-state index contributed by atoms with van der Waals surface area (Å²) in [4.78, 5) is 12.3. The Morgan fingerprint density at radius 3 is 2.23 bits per heavy atom. The minimum Gasteiger partial charge on any atom is -0.497 e. The first-order chi connectivity index (χ1) is 16.7. The van der Waals surface area contributed by atoms with E-state index in [1.165, 1.54) is 0 Å². The molecule has 186 valence electrons. The molecule has 9 heteroatoms. The number of nitrogens with zero attached hydrogens (tertiary/aromatic N) is 3. The van der Waals surface area contributed by atoms with Gasteiger partial charge in [0, 0.05) is 18.2 Å². The summed E-state index contributed by atoms with van der Waals surface area (Å²) in [5.74, 6) is 1.83. The number of aliphatic carboxylic acids is 1. The van der Waals surface area contributed by atoms with Crippen molar-refractivity contribution < 1.29 is 24.1 Å². The second-order valence-corrected chi connectivity index (χ2v) is 9.18. The zero-order chi connectivity index (χ0) is 25.7. The van der Waals surface area contributed by atoms with Crippen molar-refractivity contribution in [1.29, 1.82) is 0 Å². The molecule has 1 aromatic heterocycles. The Kier molecular flexibility index (Phi) is 8.45. The predicted molar refractivity (Wildman–Crippen MR) is 138 cm³/mol. The lowest BCUT2D eigenvalue weighted by Crippen LogP contribution is -2.03. The zero-order valence-electron chi connectivity index (χ0n) is 21.1. The molecule has 2 aromatic carbocycles. The van der Waals surface area contributed by atoms with E-state index < -0.39 is 5.97 Å². The number of methoxy groups -OCH3 is 3. The molecule has 0 saturated heterocycles. The van der Waals surface area contributed by atoms with Crippen LogP contribution in [0.5, 0.6) is 17.2 Å². The van der Waals surface area contributed by atoms with Crippen LogP contribution in [0.15, 0.2) is 40.4 Å². The fourth-order valence-corrected chi connectivity index (χ4v) is 4.55. The Hall–Kier alpha value is -3.46. The Bertz CT molecular complexity index is 1230. The first-order valence-electron chi connectivity index (χ1n) is 11.2. The van der Waals surface area contributed by atoms with Gasteiger partial charge in [0.05, 0.1) is 21.3 Å². The van der Waals surface area contributed by atoms with Gasteiger partial charge in [0.15, 0.2) is 11.0 Å². The number of carboxylic acid groups (broad SMARTS) is 1. The van der Waals surface area contributed by atoms with Crippen molar-refractivity contribution in [1.82, 2.24) is 14.8 Å². The van der Waals surface area contributed by atoms with Crippen LogP contribution < -0.4 is 14.2 Å². The van der Waals surface area contributed by atoms with Gasteiger partial charge in [0.2, 0.25) is 0 Å². The molecule has 3 aromatic rings. The quantitative estimate of drug-likeness (QED) is 0.284. The molecule has 0 saturated carbocycles. The summed E-state index contributed by atoms with van der Waals surface area (Å²) in [6.07, 6.45) is 1.68. The van der Waals surface area contributed by atoms with Crippen LogP contribution in [0.1, 0.15) is 43.4 Å². The highest BCUT2D eigenvalue weighted by Crippen LogP contribution is 2.35. The van der Waals surface area contributed by atoms with Crippen LogP contribution in [-0.4, -0.2) is 47.2 Å². The summed E-state index contributed by atoms with van der Waals surface area (Å²) >= 11 is 1.07. The molecule has 3 rings (SSSR count). The maximum absolute atomic E-state index is 12.2. The lowest BCUT2D eigenvalue weighted by atomic mass is 9.96. The van der Waals surface area contributed by atoms with Gasteiger partial charge in [-0.15, -0.1) is 10.2 Å². The smallest absolute Gasteiger partial charge is 0.342 e. The van der Waals surface area contributed by atoms with Crippen LogP contribution in [-0.2, 0) is 11.3 Å². The Morgan fingerprint density at radius 2 is 1.71 bits per heavy atom. The van der Waals surface area contributed by atoms with Gasteiger partial charge in [-0.25, -0.2) is 4.79 Å². The molecule has 1 N–H and O–H groups in total. The van der Waals surface area contributed by atoms with E-state index in [1.807, 2.05) is 42.7 Å². The molecule has 0 radical (unpaired) electrons. The third-order valence-corrected chi connectivity index (χ3v) is 6.58. The number of carboxylic acids is 1. The standard InChI is InChI=1S/C26H31N3O5S/c1-8-29-24(18-10-19(32-5)14-20(11-18)33-6)27-28-26(29)35-23(25(30)31)13-17-12-21(15(2)3)22(34-7)9-16(17)4/h9-15H,8H2,1-7H3,(H,30,31)/b23-13-. The lowest BCUT2D eigenvalue weighted by molar-refractivity contribution is -0.131. The number of thioether (sulfide) groups is 1. The highest BCUT2D eigenvalue weighted by atomic mass is 32.2. The van der Waals surface area contributed by atoms with Gasteiger partial charge in [0.1, 0.15) is 22.2 Å². The summed E-state index contributed by atoms with van der Waals surface area (Å²) in [6, 6.07) is 9.39. The normalized spacial score (nSPS) is 11.6. The average Bonchev–Trinajstić information content (AvgIpc) is 3.26. The first-order valence-corrected chi connectivity index (χ1v) is 12.0. The number of hydrogen-bond donors (Lipinski definition) is 1. The summed E-state index contributed by atoms with van der Waals surface area (Å²) in [7, 11) is 4.81. The van der Waals surface area contributed by atoms with Gasteiger partial charge < -0.3 is 23.9 Å². The van der Waals surface area contributed by atoms with Crippen LogP contribution in [0.2, 0.25) is 0 Å². The van der Waals surface area contributed by atoms with Crippen molar-refractivity contribution in [2.24, 2.45) is 0 Å². The second-order valence-electron chi connectivity index (χ2n) is 8.17. The van der Waals surface area contributed by atoms with Gasteiger partial charge in [-0.1, -0.05) is 13.8 Å². The van der Waals surface area contributed by atoms with Gasteiger partial charge in [-0.05, 0) is 78.6 Å². The van der Waals surface area contributed by atoms with Gasteiger partial charge in [-0.2, -0.15) is 0 Å². The summed E-state index contributed by atoms with van der Waals surface area (Å²) in [6.45, 7) is 8.60. The molecule has 0 aliphatic heterocycles. The predicted octanol–water partition coefficient (Wildman–Crippen LogP) is 5.64. The molecule has 0 bridgehead atoms. The zero-order valence-corrected chi connectivity index (χ0v) is 21.9. The minimum absolute atomic E-state index is 0.143. The van der Waals surface area contributed by atoms with E-state index >= 15 is 0 Å². The Balaban J connectivity index is 2.04. The molecular weight excluding hydrogens is 466 g/mol. The van der Waals surface area contributed by atoms with E-state index in [4.69, 9.17) is 14.2 Å². The Morgan fingerprint density at radius 1 is 1.06 bits per heavy atom. The fourth-order valence-electron chi connectivity index (χ4n) is 3.67. The van der Waals surface area contributed by atoms with Crippen molar-refractivity contribution in [3.8, 4) is 28.6 Å². The van der Waals surface area contributed by atoms with Crippen molar-refractivity contribution >= 4 is 23.8 Å². The first kappa shape index (κ1) is 26.2. The van der Waals surface area contributed by atoms with Crippen molar-refractivity contribution in [3.63, 3.8) is 0 Å². The number of carbonyl (C=O) groups is 1. The van der Waals surface area contributed by atoms with Crippen LogP contribution in [0.4, 0.5) is 0 Å². The Labute approximate surface area is 209 Å². The molecule has 0 atom stereocenters. The maximum atomic E-state index is 12.2. The fraction of sp³-hybridized carbons (Fsp3) is 0.346. The number of aromatic nitrogens is 3. The molecule has 35 heavy (non-hydrogen) atoms. The van der Waals surface area contributed by atoms with E-state index in [-0.39, 0.29) is 10.8 Å². The highest BCUT2D eigenvalue weighted by Gasteiger charge is 2.20. The van der Waals surface area contributed by atoms with E-state index in [9.17, 15) is 9.90 Å². The van der Waals surface area contributed by atoms with E-state index in [2.05, 4.69) is 24.0 Å².